The number of carbonyl (C=O) groups excluding carboxylic acids is 1. The Bertz CT molecular complexity index is 429. The molecule has 1 rings (SSSR count). The van der Waals surface area contributed by atoms with Gasteiger partial charge < -0.3 is 15.5 Å². The van der Waals surface area contributed by atoms with Crippen LogP contribution in [0.3, 0.4) is 0 Å². The van der Waals surface area contributed by atoms with Gasteiger partial charge in [-0.2, -0.15) is 0 Å². The van der Waals surface area contributed by atoms with Crippen molar-refractivity contribution in [2.24, 2.45) is 0 Å². The zero-order valence-corrected chi connectivity index (χ0v) is 12.6. The second-order valence-electron chi connectivity index (χ2n) is 5.11. The number of anilines is 1. The molecule has 1 aromatic carbocycles. The zero-order chi connectivity index (χ0) is 14.4. The highest BCUT2D eigenvalue weighted by Crippen LogP contribution is 2.15. The molecule has 1 aromatic rings. The summed E-state index contributed by atoms with van der Waals surface area (Å²) in [6.45, 7) is 7.80. The predicted octanol–water partition coefficient (Wildman–Crippen LogP) is 2.11. The zero-order valence-electron chi connectivity index (χ0n) is 12.6. The first-order valence-electron chi connectivity index (χ1n) is 6.72. The molecule has 0 saturated heterocycles. The number of hydrogen-bond acceptors (Lipinski definition) is 3. The van der Waals surface area contributed by atoms with Crippen molar-refractivity contribution in [3.05, 3.63) is 29.3 Å². The predicted molar refractivity (Wildman–Crippen MR) is 80.8 cm³/mol. The standard InChI is InChI=1S/C15H25N3O/c1-11(2)18(5)9-8-17-15(19)13-6-7-14(16-4)12(3)10-13/h6-7,10-11,16H,8-9H2,1-5H3,(H,17,19). The van der Waals surface area contributed by atoms with E-state index in [-0.39, 0.29) is 5.91 Å². The van der Waals surface area contributed by atoms with Gasteiger partial charge in [0.25, 0.3) is 5.91 Å². The number of likely N-dealkylation sites (N-methyl/N-ethyl adjacent to an activating group) is 1. The second kappa shape index (κ2) is 7.14. The molecule has 0 radical (unpaired) electrons. The lowest BCUT2D eigenvalue weighted by Crippen LogP contribution is -2.36. The van der Waals surface area contributed by atoms with Crippen molar-refractivity contribution in [2.75, 3.05) is 32.5 Å². The van der Waals surface area contributed by atoms with E-state index in [2.05, 4.69) is 36.4 Å². The van der Waals surface area contributed by atoms with E-state index in [0.29, 0.717) is 18.2 Å². The number of rotatable bonds is 6. The number of nitrogens with zero attached hydrogens (tertiary/aromatic N) is 1. The summed E-state index contributed by atoms with van der Waals surface area (Å²) in [5.74, 6) is -0.0112. The van der Waals surface area contributed by atoms with Crippen LogP contribution >= 0.6 is 0 Å². The summed E-state index contributed by atoms with van der Waals surface area (Å²) >= 11 is 0. The molecule has 0 saturated carbocycles. The molecule has 0 aromatic heterocycles. The summed E-state index contributed by atoms with van der Waals surface area (Å²) in [7, 11) is 3.94. The maximum atomic E-state index is 12.0. The van der Waals surface area contributed by atoms with Crippen molar-refractivity contribution >= 4 is 11.6 Å². The average molecular weight is 263 g/mol. The number of nitrogens with one attached hydrogen (secondary N) is 2. The molecule has 19 heavy (non-hydrogen) atoms. The highest BCUT2D eigenvalue weighted by molar-refractivity contribution is 5.94. The Kier molecular flexibility index (Phi) is 5.83. The van der Waals surface area contributed by atoms with Gasteiger partial charge in [-0.3, -0.25) is 4.79 Å². The van der Waals surface area contributed by atoms with Gasteiger partial charge >= 0.3 is 0 Å². The summed E-state index contributed by atoms with van der Waals surface area (Å²) in [6.07, 6.45) is 0. The van der Waals surface area contributed by atoms with Gasteiger partial charge in [-0.25, -0.2) is 0 Å². The van der Waals surface area contributed by atoms with E-state index in [4.69, 9.17) is 0 Å². The van der Waals surface area contributed by atoms with Crippen LogP contribution in [-0.2, 0) is 0 Å². The summed E-state index contributed by atoms with van der Waals surface area (Å²) in [6, 6.07) is 6.19. The smallest absolute Gasteiger partial charge is 0.251 e. The van der Waals surface area contributed by atoms with Crippen LogP contribution in [0.2, 0.25) is 0 Å². The maximum absolute atomic E-state index is 12.0. The molecular formula is C15H25N3O. The number of benzene rings is 1. The van der Waals surface area contributed by atoms with Crippen LogP contribution in [0.1, 0.15) is 29.8 Å². The Balaban J connectivity index is 2.52. The van der Waals surface area contributed by atoms with Crippen LogP contribution in [0, 0.1) is 6.92 Å². The van der Waals surface area contributed by atoms with Crippen LogP contribution in [-0.4, -0.2) is 44.0 Å². The van der Waals surface area contributed by atoms with Gasteiger partial charge in [0.05, 0.1) is 0 Å². The lowest BCUT2D eigenvalue weighted by molar-refractivity contribution is 0.0948. The minimum absolute atomic E-state index is 0.0112. The largest absolute Gasteiger partial charge is 0.388 e. The van der Waals surface area contributed by atoms with E-state index in [1.807, 2.05) is 32.2 Å². The first-order valence-corrected chi connectivity index (χ1v) is 6.72. The molecule has 2 N–H and O–H groups in total. The Labute approximate surface area is 116 Å². The third kappa shape index (κ3) is 4.56. The molecule has 106 valence electrons. The van der Waals surface area contributed by atoms with Crippen molar-refractivity contribution in [3.63, 3.8) is 0 Å². The van der Waals surface area contributed by atoms with Crippen LogP contribution in [0.15, 0.2) is 18.2 Å². The maximum Gasteiger partial charge on any atom is 0.251 e. The van der Waals surface area contributed by atoms with Crippen molar-refractivity contribution < 1.29 is 4.79 Å². The monoisotopic (exact) mass is 263 g/mol. The van der Waals surface area contributed by atoms with Crippen molar-refractivity contribution in [2.45, 2.75) is 26.8 Å². The number of amides is 1. The van der Waals surface area contributed by atoms with Gasteiger partial charge in [0.1, 0.15) is 0 Å². The minimum atomic E-state index is -0.0112. The molecule has 1 amide bonds. The summed E-state index contributed by atoms with van der Waals surface area (Å²) < 4.78 is 0. The molecule has 0 atom stereocenters. The summed E-state index contributed by atoms with van der Waals surface area (Å²) in [5, 5.41) is 6.04. The van der Waals surface area contributed by atoms with Crippen LogP contribution in [0.5, 0.6) is 0 Å². The molecule has 0 fully saturated rings. The van der Waals surface area contributed by atoms with Gasteiger partial charge in [0.15, 0.2) is 0 Å². The fourth-order valence-electron chi connectivity index (χ4n) is 1.79. The quantitative estimate of drug-likeness (QED) is 0.826. The van der Waals surface area contributed by atoms with Gasteiger partial charge in [0, 0.05) is 37.4 Å². The van der Waals surface area contributed by atoms with Crippen LogP contribution in [0.4, 0.5) is 5.69 Å². The van der Waals surface area contributed by atoms with Gasteiger partial charge in [-0.1, -0.05) is 0 Å². The highest BCUT2D eigenvalue weighted by Gasteiger charge is 2.08. The Morgan fingerprint density at radius 3 is 2.58 bits per heavy atom. The minimum Gasteiger partial charge on any atom is -0.388 e. The summed E-state index contributed by atoms with van der Waals surface area (Å²) in [5.41, 5.74) is 2.84. The molecule has 0 unspecified atom stereocenters. The molecule has 4 heteroatoms. The lowest BCUT2D eigenvalue weighted by Gasteiger charge is -2.20. The topological polar surface area (TPSA) is 44.4 Å². The molecule has 0 heterocycles. The van der Waals surface area contributed by atoms with Gasteiger partial charge in [-0.15, -0.1) is 0 Å². The Hall–Kier alpha value is -1.55. The number of hydrogen-bond donors (Lipinski definition) is 2. The Morgan fingerprint density at radius 2 is 2.05 bits per heavy atom. The highest BCUT2D eigenvalue weighted by atomic mass is 16.1. The molecule has 4 nitrogen and oxygen atoms in total. The Morgan fingerprint density at radius 1 is 1.37 bits per heavy atom. The molecule has 0 spiro atoms. The van der Waals surface area contributed by atoms with E-state index in [1.54, 1.807) is 0 Å². The van der Waals surface area contributed by atoms with E-state index >= 15 is 0 Å². The van der Waals surface area contributed by atoms with Crippen molar-refractivity contribution in [3.8, 4) is 0 Å². The molecule has 0 aliphatic carbocycles. The van der Waals surface area contributed by atoms with Crippen LogP contribution < -0.4 is 10.6 Å². The van der Waals surface area contributed by atoms with Crippen molar-refractivity contribution in [1.82, 2.24) is 10.2 Å². The van der Waals surface area contributed by atoms with E-state index in [9.17, 15) is 4.79 Å². The number of carbonyl (C=O) groups is 1. The summed E-state index contributed by atoms with van der Waals surface area (Å²) in [4.78, 5) is 14.2. The normalized spacial score (nSPS) is 10.9. The van der Waals surface area contributed by atoms with E-state index in [0.717, 1.165) is 17.8 Å². The molecule has 0 aliphatic heterocycles. The first-order chi connectivity index (χ1) is 8.95. The average Bonchev–Trinajstić information content (AvgIpc) is 2.38. The SMILES string of the molecule is CNc1ccc(C(=O)NCCN(C)C(C)C)cc1C. The van der Waals surface area contributed by atoms with E-state index in [1.165, 1.54) is 0 Å². The van der Waals surface area contributed by atoms with Crippen molar-refractivity contribution in [1.29, 1.82) is 0 Å². The third-order valence-electron chi connectivity index (χ3n) is 3.39. The van der Waals surface area contributed by atoms with Gasteiger partial charge in [-0.05, 0) is 51.6 Å². The van der Waals surface area contributed by atoms with Crippen LogP contribution in [0.25, 0.3) is 0 Å². The van der Waals surface area contributed by atoms with Gasteiger partial charge in [0.2, 0.25) is 0 Å². The molecular weight excluding hydrogens is 238 g/mol. The second-order valence-corrected chi connectivity index (χ2v) is 5.11. The lowest BCUT2D eigenvalue weighted by atomic mass is 10.1. The third-order valence-corrected chi connectivity index (χ3v) is 3.39. The number of aryl methyl sites for hydroxylation is 1. The molecule has 0 bridgehead atoms. The fraction of sp³-hybridized carbons (Fsp3) is 0.533. The van der Waals surface area contributed by atoms with E-state index < -0.39 is 0 Å². The fourth-order valence-corrected chi connectivity index (χ4v) is 1.79. The first kappa shape index (κ1) is 15.5. The molecule has 0 aliphatic rings.